The molecule has 4 aromatic rings. The number of rotatable bonds is 9. The molecule has 2 saturated carbocycles. The quantitative estimate of drug-likeness (QED) is 0.0789. The first kappa shape index (κ1) is 46.1. The van der Waals surface area contributed by atoms with Crippen LogP contribution in [0.3, 0.4) is 0 Å². The van der Waals surface area contributed by atoms with Gasteiger partial charge in [0.25, 0.3) is 10.1 Å². The van der Waals surface area contributed by atoms with E-state index in [-0.39, 0.29) is 20.4 Å². The van der Waals surface area contributed by atoms with Crippen LogP contribution in [0.15, 0.2) is 84.9 Å². The number of benzene rings is 4. The molecule has 4 aromatic carbocycles. The molecule has 0 atom stereocenters. The summed E-state index contributed by atoms with van der Waals surface area (Å²) >= 11 is 0. The molecule has 6 rings (SSSR count). The van der Waals surface area contributed by atoms with Gasteiger partial charge in [0.2, 0.25) is 0 Å². The number of hydrogen-bond donors (Lipinski definition) is 1. The van der Waals surface area contributed by atoms with Gasteiger partial charge in [-0.3, -0.25) is 4.55 Å². The molecule has 7 heteroatoms. The standard InChI is InChI=1S/C33H49P.C13H11N.CH4O3S.Pd/c1-23(2)26-21-30(24(3)4)33(31(22-26)25(5)6)29-19-13-14-20-32(29)34(27-15-9-7-10-16-27)28-17-11-8-12-18-28;1-14-13-10-6-5-9-12(13)11-7-3-2-4-8-11;1-5(2,3)4;/h13-14,19-25,27-28H,7-12,15-18H2,1-6H3;2-7,9-10H,1H3;1H3,(H,2,3,4);/q;-2;;+2/p+1. The average Bonchev–Trinajstić information content (AvgIpc) is 3.15. The fraction of sp³-hybridized carbons (Fsp3) is 0.489. The zero-order valence-corrected chi connectivity index (χ0v) is 37.3. The Kier molecular flexibility index (Phi) is 19.1. The van der Waals surface area contributed by atoms with Crippen LogP contribution in [-0.2, 0) is 30.5 Å². The minimum absolute atomic E-state index is 0. The molecule has 2 aliphatic rings. The Balaban J connectivity index is 0.000000323. The molecular formula is C47H65NO3PPdS+. The van der Waals surface area contributed by atoms with Crippen molar-refractivity contribution in [2.75, 3.05) is 13.3 Å². The molecule has 296 valence electrons. The van der Waals surface area contributed by atoms with Crippen molar-refractivity contribution in [3.63, 3.8) is 0 Å². The Morgan fingerprint density at radius 1 is 0.685 bits per heavy atom. The normalized spacial score (nSPS) is 15.3. The van der Waals surface area contributed by atoms with Crippen LogP contribution in [0.4, 0.5) is 5.69 Å². The van der Waals surface area contributed by atoms with Gasteiger partial charge in [-0.25, -0.2) is 0 Å². The zero-order valence-electron chi connectivity index (χ0n) is 34.0. The average molecular weight is 862 g/mol. The van der Waals surface area contributed by atoms with Crippen molar-refractivity contribution in [3.8, 4) is 22.3 Å². The fourth-order valence-corrected chi connectivity index (χ4v) is 12.7. The molecule has 54 heavy (non-hydrogen) atoms. The summed E-state index contributed by atoms with van der Waals surface area (Å²) in [6, 6.07) is 34.1. The van der Waals surface area contributed by atoms with Crippen LogP contribution < -0.4 is 5.30 Å². The Hall–Kier alpha value is -2.32. The van der Waals surface area contributed by atoms with Crippen molar-refractivity contribution >= 4 is 29.0 Å². The van der Waals surface area contributed by atoms with E-state index >= 15 is 0 Å². The SMILES string of the molecule is CC(C)c1cc(C(C)C)c(-c2ccccc2[PH+](C2CCCCC2)C2CCCCC2)c(C(C)C)c1.CS(=O)(=O)O.C[N-]c1ccccc1-c1[c-]cccc1.[Pd+2]. The monoisotopic (exact) mass is 860 g/mol. The Morgan fingerprint density at radius 3 is 1.59 bits per heavy atom. The van der Waals surface area contributed by atoms with Gasteiger partial charge in [-0.2, -0.15) is 14.1 Å². The van der Waals surface area contributed by atoms with Gasteiger partial charge in [0, 0.05) is 13.5 Å². The van der Waals surface area contributed by atoms with Gasteiger partial charge >= 0.3 is 20.4 Å². The maximum atomic E-state index is 9.19. The van der Waals surface area contributed by atoms with Crippen LogP contribution in [0.1, 0.15) is 140 Å². The third-order valence-corrected chi connectivity index (χ3v) is 14.8. The summed E-state index contributed by atoms with van der Waals surface area (Å²) in [4.78, 5) is 0. The predicted molar refractivity (Wildman–Crippen MR) is 233 cm³/mol. The molecule has 4 nitrogen and oxygen atoms in total. The number of hydrogen-bond acceptors (Lipinski definition) is 2. The topological polar surface area (TPSA) is 68.5 Å². The van der Waals surface area contributed by atoms with Crippen LogP contribution in [0.5, 0.6) is 0 Å². The van der Waals surface area contributed by atoms with Gasteiger partial charge in [-0.15, -0.1) is 48.5 Å². The summed E-state index contributed by atoms with van der Waals surface area (Å²) in [5, 5.41) is 6.01. The van der Waals surface area contributed by atoms with Gasteiger partial charge in [0.1, 0.15) is 0 Å². The van der Waals surface area contributed by atoms with Crippen LogP contribution in [-0.4, -0.2) is 37.6 Å². The van der Waals surface area contributed by atoms with Crippen molar-refractivity contribution in [2.45, 2.75) is 135 Å². The van der Waals surface area contributed by atoms with Crippen molar-refractivity contribution in [2.24, 2.45) is 0 Å². The molecule has 0 aliphatic heterocycles. The summed E-state index contributed by atoms with van der Waals surface area (Å²) in [6.07, 6.45) is 15.4. The van der Waals surface area contributed by atoms with Gasteiger partial charge in [-0.05, 0) is 97.4 Å². The molecular weight excluding hydrogens is 796 g/mol. The van der Waals surface area contributed by atoms with Gasteiger partial charge in [-0.1, -0.05) is 109 Å². The number of para-hydroxylation sites is 1. The van der Waals surface area contributed by atoms with Crippen LogP contribution in [0.25, 0.3) is 27.6 Å². The minimum atomic E-state index is -3.67. The first-order valence-corrected chi connectivity index (χ1v) is 23.5. The molecule has 0 saturated heterocycles. The molecule has 0 amide bonds. The first-order valence-electron chi connectivity index (χ1n) is 20.0. The third kappa shape index (κ3) is 13.4. The third-order valence-electron chi connectivity index (χ3n) is 10.9. The maximum Gasteiger partial charge on any atom is 2.00 e. The van der Waals surface area contributed by atoms with Crippen LogP contribution in [0, 0.1) is 6.07 Å². The minimum Gasteiger partial charge on any atom is -0.694 e. The fourth-order valence-electron chi connectivity index (χ4n) is 8.28. The molecule has 1 N–H and O–H groups in total. The van der Waals surface area contributed by atoms with E-state index in [1.54, 1.807) is 27.6 Å². The largest absolute Gasteiger partial charge is 2.00 e. The Labute approximate surface area is 343 Å². The maximum absolute atomic E-state index is 9.19. The molecule has 0 bridgehead atoms. The molecule has 0 aromatic heterocycles. The molecule has 2 fully saturated rings. The molecule has 0 unspecified atom stereocenters. The van der Waals surface area contributed by atoms with E-state index in [4.69, 9.17) is 4.55 Å². The first-order chi connectivity index (χ1) is 25.3. The van der Waals surface area contributed by atoms with Crippen molar-refractivity contribution in [3.05, 3.63) is 113 Å². The summed E-state index contributed by atoms with van der Waals surface area (Å²) in [5.41, 5.74) is 13.1. The van der Waals surface area contributed by atoms with Gasteiger partial charge in [0.05, 0.1) is 22.9 Å². The van der Waals surface area contributed by atoms with E-state index in [1.807, 2.05) is 49.5 Å². The second-order valence-corrected chi connectivity index (χ2v) is 20.5. The van der Waals surface area contributed by atoms with Gasteiger partial charge < -0.3 is 5.32 Å². The summed E-state index contributed by atoms with van der Waals surface area (Å²) in [5.74, 6) is 1.65. The van der Waals surface area contributed by atoms with E-state index in [0.29, 0.717) is 24.0 Å². The molecule has 0 heterocycles. The van der Waals surface area contributed by atoms with Crippen LogP contribution >= 0.6 is 7.92 Å². The molecule has 0 radical (unpaired) electrons. The summed E-state index contributed by atoms with van der Waals surface area (Å²) < 4.78 is 25.9. The van der Waals surface area contributed by atoms with E-state index < -0.39 is 18.0 Å². The summed E-state index contributed by atoms with van der Waals surface area (Å²) in [7, 11) is -2.47. The zero-order chi connectivity index (χ0) is 38.5. The second kappa shape index (κ2) is 22.4. The molecule has 0 spiro atoms. The summed E-state index contributed by atoms with van der Waals surface area (Å²) in [6.45, 7) is 14.3. The van der Waals surface area contributed by atoms with Crippen LogP contribution in [0.2, 0.25) is 0 Å². The van der Waals surface area contributed by atoms with E-state index in [9.17, 15) is 8.42 Å². The van der Waals surface area contributed by atoms with Crippen molar-refractivity contribution < 1.29 is 33.4 Å². The second-order valence-electron chi connectivity index (χ2n) is 16.0. The smallest absolute Gasteiger partial charge is 0.694 e. The molecule has 2 aliphatic carbocycles. The number of nitrogens with zero attached hydrogens (tertiary/aromatic N) is 1. The van der Waals surface area contributed by atoms with Crippen molar-refractivity contribution in [1.29, 1.82) is 0 Å². The Bertz CT molecular complexity index is 1760. The van der Waals surface area contributed by atoms with E-state index in [0.717, 1.165) is 28.1 Å². The van der Waals surface area contributed by atoms with E-state index in [1.165, 1.54) is 69.8 Å². The van der Waals surface area contributed by atoms with Crippen molar-refractivity contribution in [1.82, 2.24) is 0 Å². The van der Waals surface area contributed by atoms with E-state index in [2.05, 4.69) is 95.4 Å². The predicted octanol–water partition coefficient (Wildman–Crippen LogP) is 13.5. The Morgan fingerprint density at radius 2 is 1.15 bits per heavy atom. The van der Waals surface area contributed by atoms with Gasteiger partial charge in [0.15, 0.2) is 0 Å².